The molecule has 0 fully saturated rings. The van der Waals surface area contributed by atoms with E-state index < -0.39 is 0 Å². The molecule has 0 spiro atoms. The largest absolute Gasteiger partial charge is 0.374 e. The van der Waals surface area contributed by atoms with Crippen LogP contribution < -0.4 is 5.32 Å². The van der Waals surface area contributed by atoms with E-state index in [1.165, 1.54) is 6.92 Å². The Labute approximate surface area is 68.1 Å². The average molecular weight is 159 g/mol. The summed E-state index contributed by atoms with van der Waals surface area (Å²) in [5.74, 6) is -0.0116. The zero-order valence-corrected chi connectivity index (χ0v) is 7.73. The molecule has 1 N–H and O–H groups in total. The molecule has 0 aromatic heterocycles. The zero-order chi connectivity index (χ0) is 8.91. The molecule has 0 aromatic carbocycles. The second-order valence-electron chi connectivity index (χ2n) is 3.44. The summed E-state index contributed by atoms with van der Waals surface area (Å²) in [7, 11) is 0. The lowest BCUT2D eigenvalue weighted by atomic mass is 10.2. The molecule has 0 aliphatic rings. The molecule has 0 radical (unpaired) electrons. The second-order valence-corrected chi connectivity index (χ2v) is 3.44. The molecule has 66 valence electrons. The molecule has 0 bridgehead atoms. The van der Waals surface area contributed by atoms with Crippen molar-refractivity contribution < 1.29 is 9.53 Å². The topological polar surface area (TPSA) is 38.3 Å². The van der Waals surface area contributed by atoms with Crippen LogP contribution in [0.1, 0.15) is 27.7 Å². The van der Waals surface area contributed by atoms with Crippen molar-refractivity contribution in [3.63, 3.8) is 0 Å². The fraction of sp³-hybridized carbons (Fsp3) is 0.875. The number of carbonyl (C=O) groups is 1. The Morgan fingerprint density at radius 1 is 1.45 bits per heavy atom. The molecule has 0 unspecified atom stereocenters. The average Bonchev–Trinajstić information content (AvgIpc) is 1.78. The van der Waals surface area contributed by atoms with E-state index in [1.54, 1.807) is 0 Å². The van der Waals surface area contributed by atoms with Gasteiger partial charge in [-0.1, -0.05) is 0 Å². The van der Waals surface area contributed by atoms with Gasteiger partial charge in [0.25, 0.3) is 0 Å². The fourth-order valence-corrected chi connectivity index (χ4v) is 0.584. The number of amides is 1. The van der Waals surface area contributed by atoms with Crippen LogP contribution in [0.25, 0.3) is 0 Å². The Morgan fingerprint density at radius 2 is 2.00 bits per heavy atom. The van der Waals surface area contributed by atoms with E-state index in [0.717, 1.165) is 0 Å². The first kappa shape index (κ1) is 10.4. The molecule has 0 saturated heterocycles. The van der Waals surface area contributed by atoms with Crippen molar-refractivity contribution in [1.29, 1.82) is 0 Å². The van der Waals surface area contributed by atoms with Crippen LogP contribution in [0.2, 0.25) is 0 Å². The van der Waals surface area contributed by atoms with Gasteiger partial charge in [-0.25, -0.2) is 0 Å². The van der Waals surface area contributed by atoms with Gasteiger partial charge in [-0.3, -0.25) is 4.79 Å². The van der Waals surface area contributed by atoms with Gasteiger partial charge in [-0.2, -0.15) is 0 Å². The molecule has 1 amide bonds. The van der Waals surface area contributed by atoms with Crippen LogP contribution in [-0.4, -0.2) is 24.7 Å². The highest BCUT2D eigenvalue weighted by atomic mass is 16.5. The zero-order valence-electron chi connectivity index (χ0n) is 7.73. The highest BCUT2D eigenvalue weighted by Crippen LogP contribution is 2.04. The predicted molar refractivity (Wildman–Crippen MR) is 44.4 cm³/mol. The summed E-state index contributed by atoms with van der Waals surface area (Å²) >= 11 is 0. The molecule has 0 atom stereocenters. The number of carbonyl (C=O) groups excluding carboxylic acids is 1. The van der Waals surface area contributed by atoms with E-state index in [0.29, 0.717) is 13.2 Å². The van der Waals surface area contributed by atoms with Crippen molar-refractivity contribution in [1.82, 2.24) is 5.32 Å². The molecule has 0 aliphatic carbocycles. The van der Waals surface area contributed by atoms with E-state index >= 15 is 0 Å². The quantitative estimate of drug-likeness (QED) is 0.622. The van der Waals surface area contributed by atoms with Crippen molar-refractivity contribution in [3.05, 3.63) is 0 Å². The number of ether oxygens (including phenoxy) is 1. The van der Waals surface area contributed by atoms with Crippen LogP contribution >= 0.6 is 0 Å². The van der Waals surface area contributed by atoms with Crippen molar-refractivity contribution >= 4 is 5.91 Å². The second kappa shape index (κ2) is 4.34. The van der Waals surface area contributed by atoms with Gasteiger partial charge in [-0.15, -0.1) is 0 Å². The van der Waals surface area contributed by atoms with Gasteiger partial charge in [0.15, 0.2) is 0 Å². The van der Waals surface area contributed by atoms with Crippen LogP contribution in [0.5, 0.6) is 0 Å². The van der Waals surface area contributed by atoms with E-state index in [-0.39, 0.29) is 11.5 Å². The summed E-state index contributed by atoms with van der Waals surface area (Å²) in [5, 5.41) is 2.65. The van der Waals surface area contributed by atoms with Crippen molar-refractivity contribution in [2.45, 2.75) is 33.3 Å². The summed E-state index contributed by atoms with van der Waals surface area (Å²) in [6, 6.07) is 0. The highest BCUT2D eigenvalue weighted by Gasteiger charge is 2.08. The fourth-order valence-electron chi connectivity index (χ4n) is 0.584. The Hall–Kier alpha value is -0.570. The lowest BCUT2D eigenvalue weighted by molar-refractivity contribution is -0.119. The lowest BCUT2D eigenvalue weighted by Crippen LogP contribution is -2.28. The first-order valence-corrected chi connectivity index (χ1v) is 3.80. The molecular formula is C8H17NO2. The Kier molecular flexibility index (Phi) is 4.11. The van der Waals surface area contributed by atoms with Gasteiger partial charge < -0.3 is 10.1 Å². The van der Waals surface area contributed by atoms with Crippen LogP contribution in [0.4, 0.5) is 0 Å². The minimum atomic E-state index is -0.113. The lowest BCUT2D eigenvalue weighted by Gasteiger charge is -2.19. The molecule has 3 heteroatoms. The van der Waals surface area contributed by atoms with Gasteiger partial charge in [0.05, 0.1) is 12.2 Å². The summed E-state index contributed by atoms with van der Waals surface area (Å²) in [4.78, 5) is 10.4. The standard InChI is InChI=1S/C8H17NO2/c1-7(10)9-5-6-11-8(2,3)4/h5-6H2,1-4H3,(H,9,10). The monoisotopic (exact) mass is 159 g/mol. The van der Waals surface area contributed by atoms with E-state index in [4.69, 9.17) is 4.74 Å². The van der Waals surface area contributed by atoms with Gasteiger partial charge in [-0.05, 0) is 20.8 Å². The first-order chi connectivity index (χ1) is 4.92. The SMILES string of the molecule is CC(=O)NCCOC(C)(C)C. The normalized spacial score (nSPS) is 11.3. The minimum absolute atomic E-state index is 0.0116. The predicted octanol–water partition coefficient (Wildman–Crippen LogP) is 0.938. The van der Waals surface area contributed by atoms with Crippen molar-refractivity contribution in [3.8, 4) is 0 Å². The number of nitrogens with one attached hydrogen (secondary N) is 1. The Bertz CT molecular complexity index is 127. The minimum Gasteiger partial charge on any atom is -0.374 e. The maximum absolute atomic E-state index is 10.4. The smallest absolute Gasteiger partial charge is 0.216 e. The van der Waals surface area contributed by atoms with Crippen molar-refractivity contribution in [2.24, 2.45) is 0 Å². The number of hydrogen-bond donors (Lipinski definition) is 1. The molecular weight excluding hydrogens is 142 g/mol. The van der Waals surface area contributed by atoms with Crippen molar-refractivity contribution in [2.75, 3.05) is 13.2 Å². The third kappa shape index (κ3) is 9.43. The third-order valence-corrected chi connectivity index (χ3v) is 1.01. The van der Waals surface area contributed by atoms with Crippen LogP contribution in [0, 0.1) is 0 Å². The van der Waals surface area contributed by atoms with Crippen LogP contribution in [-0.2, 0) is 9.53 Å². The number of rotatable bonds is 3. The van der Waals surface area contributed by atoms with Gasteiger partial charge in [0.1, 0.15) is 0 Å². The third-order valence-electron chi connectivity index (χ3n) is 1.01. The maximum Gasteiger partial charge on any atom is 0.216 e. The maximum atomic E-state index is 10.4. The first-order valence-electron chi connectivity index (χ1n) is 3.80. The summed E-state index contributed by atoms with van der Waals surface area (Å²) in [6.45, 7) is 8.62. The molecule has 0 rings (SSSR count). The summed E-state index contributed by atoms with van der Waals surface area (Å²) in [6.07, 6.45) is 0. The molecule has 0 heterocycles. The molecule has 0 aromatic rings. The van der Waals surface area contributed by atoms with Gasteiger partial charge >= 0.3 is 0 Å². The summed E-state index contributed by atoms with van der Waals surface area (Å²) in [5.41, 5.74) is -0.113. The molecule has 0 aliphatic heterocycles. The van der Waals surface area contributed by atoms with Gasteiger partial charge in [0, 0.05) is 13.5 Å². The van der Waals surface area contributed by atoms with Crippen LogP contribution in [0.15, 0.2) is 0 Å². The highest BCUT2D eigenvalue weighted by molar-refractivity contribution is 5.72. The van der Waals surface area contributed by atoms with E-state index in [9.17, 15) is 4.79 Å². The number of hydrogen-bond acceptors (Lipinski definition) is 2. The summed E-state index contributed by atoms with van der Waals surface area (Å²) < 4.78 is 5.36. The Morgan fingerprint density at radius 3 is 2.36 bits per heavy atom. The molecule has 0 saturated carbocycles. The molecule has 3 nitrogen and oxygen atoms in total. The van der Waals surface area contributed by atoms with E-state index in [1.807, 2.05) is 20.8 Å². The van der Waals surface area contributed by atoms with E-state index in [2.05, 4.69) is 5.32 Å². The van der Waals surface area contributed by atoms with Crippen LogP contribution in [0.3, 0.4) is 0 Å². The van der Waals surface area contributed by atoms with Gasteiger partial charge in [0.2, 0.25) is 5.91 Å². The molecule has 11 heavy (non-hydrogen) atoms. The Balaban J connectivity index is 3.22.